The molecule has 0 bridgehead atoms. The number of carboxylic acid groups (broad SMARTS) is 1. The van der Waals surface area contributed by atoms with Crippen LogP contribution in [0.1, 0.15) is 24.1 Å². The van der Waals surface area contributed by atoms with Gasteiger partial charge in [-0.2, -0.15) is 0 Å². The maximum absolute atomic E-state index is 12.1. The van der Waals surface area contributed by atoms with Gasteiger partial charge in [-0.25, -0.2) is 8.42 Å². The molecule has 31 heavy (non-hydrogen) atoms. The summed E-state index contributed by atoms with van der Waals surface area (Å²) in [6.07, 6.45) is 0.691. The molecule has 3 rings (SSSR count). The lowest BCUT2D eigenvalue weighted by Gasteiger charge is -2.26. The number of fused-ring (bicyclic) bond motifs is 1. The molecule has 0 fully saturated rings. The monoisotopic (exact) mass is 482 g/mol. The predicted octanol–water partition coefficient (Wildman–Crippen LogP) is 4.38. The van der Waals surface area contributed by atoms with Crippen molar-refractivity contribution in [1.29, 1.82) is 0 Å². The molecular weight excluding hydrogens is 463 g/mol. The van der Waals surface area contributed by atoms with Gasteiger partial charge in [0.2, 0.25) is 6.41 Å². The highest BCUT2D eigenvalue weighted by Crippen LogP contribution is 2.38. The molecule has 2 aromatic carbocycles. The van der Waals surface area contributed by atoms with Gasteiger partial charge in [-0.3, -0.25) is 14.5 Å². The minimum Gasteiger partial charge on any atom is -0.480 e. The first-order chi connectivity index (χ1) is 14.5. The number of anilines is 1. The molecule has 1 aromatic heterocycles. The zero-order chi connectivity index (χ0) is 23.1. The fourth-order valence-electron chi connectivity index (χ4n) is 3.47. The van der Waals surface area contributed by atoms with Crippen LogP contribution in [-0.2, 0) is 26.5 Å². The van der Waals surface area contributed by atoms with Crippen molar-refractivity contribution in [2.24, 2.45) is 7.05 Å². The van der Waals surface area contributed by atoms with E-state index in [9.17, 15) is 18.0 Å². The second-order valence-electron chi connectivity index (χ2n) is 7.23. The van der Waals surface area contributed by atoms with E-state index in [0.29, 0.717) is 33.2 Å². The van der Waals surface area contributed by atoms with E-state index in [4.69, 9.17) is 28.3 Å². The van der Waals surface area contributed by atoms with Crippen molar-refractivity contribution in [3.05, 3.63) is 57.6 Å². The molecule has 1 N–H and O–H groups in total. The molecule has 1 atom stereocenters. The summed E-state index contributed by atoms with van der Waals surface area (Å²) >= 11 is 12.7. The van der Waals surface area contributed by atoms with Crippen LogP contribution in [0.15, 0.2) is 41.3 Å². The largest absolute Gasteiger partial charge is 0.480 e. The molecule has 10 heteroatoms. The van der Waals surface area contributed by atoms with Gasteiger partial charge in [0.25, 0.3) is 0 Å². The molecule has 0 spiro atoms. The summed E-state index contributed by atoms with van der Waals surface area (Å²) in [4.78, 5) is 24.2. The summed E-state index contributed by atoms with van der Waals surface area (Å²) in [6.45, 7) is 3.65. The van der Waals surface area contributed by atoms with Crippen molar-refractivity contribution in [3.8, 4) is 0 Å². The van der Waals surface area contributed by atoms with E-state index in [1.807, 2.05) is 24.6 Å². The highest BCUT2D eigenvalue weighted by Gasteiger charge is 2.23. The molecule has 164 valence electrons. The molecule has 0 aliphatic heterocycles. The summed E-state index contributed by atoms with van der Waals surface area (Å²) < 4.78 is 26.0. The molecule has 0 aliphatic carbocycles. The second-order valence-corrected chi connectivity index (χ2v) is 9.97. The normalized spacial score (nSPS) is 12.7. The van der Waals surface area contributed by atoms with E-state index in [2.05, 4.69) is 0 Å². The Morgan fingerprint density at radius 3 is 2.35 bits per heavy atom. The van der Waals surface area contributed by atoms with Gasteiger partial charge >= 0.3 is 5.97 Å². The van der Waals surface area contributed by atoms with Crippen molar-refractivity contribution in [2.75, 3.05) is 10.7 Å². The SMILES string of the molecule is Cc1cc2c(cc(N(C=O)[C@H](C)c3ccc(S(=O)(=O)CC(=O)O)cc3)n2C)c(Cl)c1Cl. The molecule has 0 unspecified atom stereocenters. The summed E-state index contributed by atoms with van der Waals surface area (Å²) in [5.74, 6) is -1.82. The van der Waals surface area contributed by atoms with Gasteiger partial charge in [-0.05, 0) is 49.2 Å². The van der Waals surface area contributed by atoms with Gasteiger partial charge in [-0.15, -0.1) is 0 Å². The number of carbonyl (C=O) groups excluding carboxylic acids is 1. The number of hydrogen-bond acceptors (Lipinski definition) is 4. The molecule has 1 heterocycles. The Bertz CT molecular complexity index is 1280. The van der Waals surface area contributed by atoms with Crippen LogP contribution >= 0.6 is 23.2 Å². The van der Waals surface area contributed by atoms with Gasteiger partial charge < -0.3 is 9.67 Å². The van der Waals surface area contributed by atoms with Gasteiger partial charge in [0.15, 0.2) is 15.6 Å². The van der Waals surface area contributed by atoms with Crippen LogP contribution in [0.25, 0.3) is 10.9 Å². The van der Waals surface area contributed by atoms with Gasteiger partial charge in [0.1, 0.15) is 5.82 Å². The fraction of sp³-hybridized carbons (Fsp3) is 0.238. The van der Waals surface area contributed by atoms with Crippen LogP contribution in [-0.4, -0.2) is 36.2 Å². The number of carbonyl (C=O) groups is 2. The van der Waals surface area contributed by atoms with Crippen LogP contribution in [0, 0.1) is 6.92 Å². The van der Waals surface area contributed by atoms with E-state index in [1.54, 1.807) is 25.1 Å². The van der Waals surface area contributed by atoms with Crippen molar-refractivity contribution < 1.29 is 23.1 Å². The van der Waals surface area contributed by atoms with Crippen LogP contribution in [0.3, 0.4) is 0 Å². The minimum atomic E-state index is -3.93. The lowest BCUT2D eigenvalue weighted by molar-refractivity contribution is -0.134. The van der Waals surface area contributed by atoms with Gasteiger partial charge in [0, 0.05) is 12.4 Å². The van der Waals surface area contributed by atoms with Gasteiger partial charge in [0.05, 0.1) is 26.5 Å². The molecule has 0 radical (unpaired) electrons. The van der Waals surface area contributed by atoms with E-state index in [-0.39, 0.29) is 4.90 Å². The molecule has 1 amide bonds. The summed E-state index contributed by atoms with van der Waals surface area (Å²) in [5, 5.41) is 10.4. The first-order valence-electron chi connectivity index (χ1n) is 9.20. The van der Waals surface area contributed by atoms with Crippen LogP contribution in [0.4, 0.5) is 5.82 Å². The number of aryl methyl sites for hydroxylation is 2. The number of halogens is 2. The lowest BCUT2D eigenvalue weighted by Crippen LogP contribution is -2.27. The third kappa shape index (κ3) is 4.28. The second kappa shape index (κ2) is 8.53. The number of amides is 1. The number of sulfone groups is 1. The number of benzene rings is 2. The third-order valence-corrected chi connectivity index (χ3v) is 7.81. The van der Waals surface area contributed by atoms with Crippen molar-refractivity contribution in [3.63, 3.8) is 0 Å². The van der Waals surface area contributed by atoms with E-state index in [0.717, 1.165) is 11.1 Å². The Morgan fingerprint density at radius 1 is 1.19 bits per heavy atom. The zero-order valence-electron chi connectivity index (χ0n) is 17.0. The Labute approximate surface area is 189 Å². The average Bonchev–Trinajstić information content (AvgIpc) is 3.02. The number of nitrogens with zero attached hydrogens (tertiary/aromatic N) is 2. The Balaban J connectivity index is 2.00. The van der Waals surface area contributed by atoms with Crippen molar-refractivity contribution in [2.45, 2.75) is 24.8 Å². The first-order valence-corrected chi connectivity index (χ1v) is 11.6. The van der Waals surface area contributed by atoms with Crippen molar-refractivity contribution in [1.82, 2.24) is 4.57 Å². The minimum absolute atomic E-state index is 0.0926. The van der Waals surface area contributed by atoms with E-state index in [1.165, 1.54) is 17.0 Å². The van der Waals surface area contributed by atoms with Crippen LogP contribution < -0.4 is 4.90 Å². The molecule has 0 aliphatic rings. The highest BCUT2D eigenvalue weighted by molar-refractivity contribution is 7.92. The summed E-state index contributed by atoms with van der Waals surface area (Å²) in [6, 6.07) is 9.04. The molecule has 0 saturated heterocycles. The smallest absolute Gasteiger partial charge is 0.319 e. The number of aliphatic carboxylic acids is 1. The fourth-order valence-corrected chi connectivity index (χ4v) is 4.97. The van der Waals surface area contributed by atoms with E-state index < -0.39 is 27.6 Å². The summed E-state index contributed by atoms with van der Waals surface area (Å²) in [5.41, 5.74) is 2.30. The van der Waals surface area contributed by atoms with Crippen LogP contribution in [0.5, 0.6) is 0 Å². The topological polar surface area (TPSA) is 96.7 Å². The predicted molar refractivity (Wildman–Crippen MR) is 121 cm³/mol. The zero-order valence-corrected chi connectivity index (χ0v) is 19.3. The first kappa shape index (κ1) is 23.1. The standard InChI is InChI=1S/C21H20Cl2N2O5S/c1-12-8-17-16(21(23)20(12)22)9-18(24(17)3)25(11-26)13(2)14-4-6-15(7-5-14)31(29,30)10-19(27)28/h4-9,11,13H,10H2,1-3H3,(H,27,28)/t13-/m1/s1. The Kier molecular flexibility index (Phi) is 6.36. The summed E-state index contributed by atoms with van der Waals surface area (Å²) in [7, 11) is -2.12. The van der Waals surface area contributed by atoms with Crippen molar-refractivity contribution >= 4 is 62.1 Å². The van der Waals surface area contributed by atoms with Crippen LogP contribution in [0.2, 0.25) is 10.0 Å². The highest BCUT2D eigenvalue weighted by atomic mass is 35.5. The molecule has 7 nitrogen and oxygen atoms in total. The number of rotatable bonds is 7. The average molecular weight is 483 g/mol. The maximum atomic E-state index is 12.1. The maximum Gasteiger partial charge on any atom is 0.319 e. The molecule has 0 saturated carbocycles. The third-order valence-electron chi connectivity index (χ3n) is 5.21. The van der Waals surface area contributed by atoms with E-state index >= 15 is 0 Å². The van der Waals surface area contributed by atoms with Gasteiger partial charge in [-0.1, -0.05) is 35.3 Å². The number of aromatic nitrogens is 1. The Morgan fingerprint density at radius 2 is 1.81 bits per heavy atom. The quantitative estimate of drug-likeness (QED) is 0.504. The number of hydrogen-bond donors (Lipinski definition) is 1. The number of carboxylic acids is 1. The molecule has 3 aromatic rings. The lowest BCUT2D eigenvalue weighted by atomic mass is 10.1. The Hall–Kier alpha value is -2.55. The molecular formula is C21H20Cl2N2O5S.